The van der Waals surface area contributed by atoms with Crippen LogP contribution in [0.3, 0.4) is 0 Å². The Labute approximate surface area is 178 Å². The second-order valence-electron chi connectivity index (χ2n) is 8.40. The van der Waals surface area contributed by atoms with Gasteiger partial charge < -0.3 is 9.80 Å². The fraction of sp³-hybridized carbons (Fsp3) is 0.565. The Hall–Kier alpha value is -1.76. The van der Waals surface area contributed by atoms with Gasteiger partial charge in [0.25, 0.3) is 0 Å². The van der Waals surface area contributed by atoms with Crippen molar-refractivity contribution >= 4 is 17.2 Å². The first kappa shape index (κ1) is 20.5. The first-order chi connectivity index (χ1) is 14.2. The fourth-order valence-electron chi connectivity index (χ4n) is 4.17. The number of carbonyl (C=O) groups is 1. The molecule has 0 unspecified atom stereocenters. The quantitative estimate of drug-likeness (QED) is 0.754. The van der Waals surface area contributed by atoms with E-state index in [1.54, 1.807) is 11.3 Å². The van der Waals surface area contributed by atoms with Crippen LogP contribution < -0.4 is 0 Å². The Morgan fingerprint density at radius 3 is 2.55 bits per heavy atom. The number of thiazole rings is 1. The van der Waals surface area contributed by atoms with Gasteiger partial charge in [-0.05, 0) is 31.5 Å². The largest absolute Gasteiger partial charge is 0.342 e. The molecule has 2 fully saturated rings. The second-order valence-corrected chi connectivity index (χ2v) is 9.25. The molecule has 1 aromatic carbocycles. The fourth-order valence-corrected chi connectivity index (χ4v) is 4.99. The van der Waals surface area contributed by atoms with E-state index in [0.29, 0.717) is 6.42 Å². The van der Waals surface area contributed by atoms with E-state index >= 15 is 0 Å². The van der Waals surface area contributed by atoms with Crippen LogP contribution in [-0.4, -0.2) is 71.9 Å². The van der Waals surface area contributed by atoms with E-state index in [2.05, 4.69) is 46.5 Å². The van der Waals surface area contributed by atoms with Gasteiger partial charge in [0.2, 0.25) is 5.91 Å². The van der Waals surface area contributed by atoms with Crippen molar-refractivity contribution in [2.24, 2.45) is 0 Å². The zero-order valence-corrected chi connectivity index (χ0v) is 18.3. The first-order valence-electron chi connectivity index (χ1n) is 10.9. The van der Waals surface area contributed by atoms with Gasteiger partial charge in [0.05, 0.1) is 12.1 Å². The van der Waals surface area contributed by atoms with Crippen LogP contribution in [-0.2, 0) is 17.8 Å². The second kappa shape index (κ2) is 9.83. The molecule has 0 aliphatic carbocycles. The van der Waals surface area contributed by atoms with Crippen molar-refractivity contribution in [2.75, 3.05) is 46.3 Å². The zero-order valence-electron chi connectivity index (χ0n) is 17.5. The maximum Gasteiger partial charge on any atom is 0.228 e. The van der Waals surface area contributed by atoms with Crippen molar-refractivity contribution in [1.82, 2.24) is 19.7 Å². The number of hydrogen-bond acceptors (Lipinski definition) is 5. The number of piperazine rings is 1. The molecule has 2 saturated heterocycles. The van der Waals surface area contributed by atoms with E-state index in [0.717, 1.165) is 74.9 Å². The van der Waals surface area contributed by atoms with Crippen LogP contribution in [0.1, 0.15) is 36.9 Å². The van der Waals surface area contributed by atoms with Crippen LogP contribution in [0.5, 0.6) is 0 Å². The average Bonchev–Trinajstić information content (AvgIpc) is 3.02. The minimum absolute atomic E-state index is 0.229. The molecule has 2 aliphatic rings. The van der Waals surface area contributed by atoms with Crippen molar-refractivity contribution in [3.05, 3.63) is 40.9 Å². The SMILES string of the molecule is CN1CCN(Cc2cccc(-c3nc(CC(=O)N4CCCCCC4)cs3)c2)CC1. The van der Waals surface area contributed by atoms with Crippen molar-refractivity contribution in [1.29, 1.82) is 0 Å². The van der Waals surface area contributed by atoms with Crippen LogP contribution in [0.4, 0.5) is 0 Å². The average molecular weight is 413 g/mol. The van der Waals surface area contributed by atoms with Crippen molar-refractivity contribution in [3.63, 3.8) is 0 Å². The normalized spacial score (nSPS) is 19.3. The minimum atomic E-state index is 0.229. The third kappa shape index (κ3) is 5.65. The van der Waals surface area contributed by atoms with Gasteiger partial charge >= 0.3 is 0 Å². The summed E-state index contributed by atoms with van der Waals surface area (Å²) >= 11 is 1.65. The summed E-state index contributed by atoms with van der Waals surface area (Å²) in [5.41, 5.74) is 3.41. The van der Waals surface area contributed by atoms with Gasteiger partial charge in [0.1, 0.15) is 5.01 Å². The van der Waals surface area contributed by atoms with E-state index in [-0.39, 0.29) is 5.91 Å². The van der Waals surface area contributed by atoms with E-state index in [4.69, 9.17) is 4.98 Å². The van der Waals surface area contributed by atoms with Crippen LogP contribution in [0.15, 0.2) is 29.6 Å². The van der Waals surface area contributed by atoms with Gasteiger partial charge in [-0.1, -0.05) is 31.0 Å². The maximum atomic E-state index is 12.6. The summed E-state index contributed by atoms with van der Waals surface area (Å²) in [5, 5.41) is 3.07. The number of rotatable bonds is 5. The van der Waals surface area contributed by atoms with Gasteiger partial charge in [-0.15, -0.1) is 11.3 Å². The summed E-state index contributed by atoms with van der Waals surface area (Å²) in [5.74, 6) is 0.229. The predicted octanol–water partition coefficient (Wildman–Crippen LogP) is 3.50. The number of hydrogen-bond donors (Lipinski definition) is 0. The van der Waals surface area contributed by atoms with E-state index < -0.39 is 0 Å². The third-order valence-electron chi connectivity index (χ3n) is 6.02. The lowest BCUT2D eigenvalue weighted by Gasteiger charge is -2.32. The number of carbonyl (C=O) groups excluding carboxylic acids is 1. The Morgan fingerprint density at radius 1 is 1.03 bits per heavy atom. The highest BCUT2D eigenvalue weighted by Gasteiger charge is 2.18. The van der Waals surface area contributed by atoms with Gasteiger partial charge in [-0.3, -0.25) is 9.69 Å². The zero-order chi connectivity index (χ0) is 20.1. The molecular weight excluding hydrogens is 380 g/mol. The van der Waals surface area contributed by atoms with E-state index in [9.17, 15) is 4.79 Å². The molecule has 0 N–H and O–H groups in total. The molecule has 3 heterocycles. The molecule has 5 nitrogen and oxygen atoms in total. The number of likely N-dealkylation sites (N-methyl/N-ethyl adjacent to an activating group) is 1. The molecule has 156 valence electrons. The molecule has 0 radical (unpaired) electrons. The van der Waals surface area contributed by atoms with Gasteiger partial charge in [-0.2, -0.15) is 0 Å². The standard InChI is InChI=1S/C23H32N4OS/c1-25-11-13-26(14-12-25)17-19-7-6-8-20(15-19)23-24-21(18-29-23)16-22(28)27-9-4-2-3-5-10-27/h6-8,15,18H,2-5,9-14,16-17H2,1H3. The number of likely N-dealkylation sites (tertiary alicyclic amines) is 1. The molecule has 2 aliphatic heterocycles. The van der Waals surface area contributed by atoms with E-state index in [1.807, 2.05) is 4.90 Å². The summed E-state index contributed by atoms with van der Waals surface area (Å²) in [6, 6.07) is 8.73. The summed E-state index contributed by atoms with van der Waals surface area (Å²) in [6.07, 6.45) is 5.18. The Bertz CT molecular complexity index is 805. The van der Waals surface area contributed by atoms with Crippen molar-refractivity contribution < 1.29 is 4.79 Å². The smallest absolute Gasteiger partial charge is 0.228 e. The van der Waals surface area contributed by atoms with Gasteiger partial charge in [0.15, 0.2) is 0 Å². The summed E-state index contributed by atoms with van der Waals surface area (Å²) in [6.45, 7) is 7.34. The summed E-state index contributed by atoms with van der Waals surface area (Å²) in [7, 11) is 2.19. The molecule has 0 spiro atoms. The topological polar surface area (TPSA) is 39.7 Å². The van der Waals surface area contributed by atoms with Gasteiger partial charge in [-0.25, -0.2) is 4.98 Å². The highest BCUT2D eigenvalue weighted by Crippen LogP contribution is 2.26. The monoisotopic (exact) mass is 412 g/mol. The number of amides is 1. The number of nitrogens with zero attached hydrogens (tertiary/aromatic N) is 4. The van der Waals surface area contributed by atoms with Crippen LogP contribution in [0.25, 0.3) is 10.6 Å². The molecule has 6 heteroatoms. The maximum absolute atomic E-state index is 12.6. The summed E-state index contributed by atoms with van der Waals surface area (Å²) < 4.78 is 0. The molecule has 0 bridgehead atoms. The Kier molecular flexibility index (Phi) is 6.95. The first-order valence-corrected chi connectivity index (χ1v) is 11.8. The molecule has 2 aromatic rings. The lowest BCUT2D eigenvalue weighted by Crippen LogP contribution is -2.43. The number of aromatic nitrogens is 1. The lowest BCUT2D eigenvalue weighted by atomic mass is 10.1. The summed E-state index contributed by atoms with van der Waals surface area (Å²) in [4.78, 5) is 24.4. The van der Waals surface area contributed by atoms with Gasteiger partial charge in [0, 0.05) is 56.8 Å². The lowest BCUT2D eigenvalue weighted by molar-refractivity contribution is -0.130. The van der Waals surface area contributed by atoms with Crippen LogP contribution in [0.2, 0.25) is 0 Å². The van der Waals surface area contributed by atoms with Crippen molar-refractivity contribution in [3.8, 4) is 10.6 Å². The van der Waals surface area contributed by atoms with E-state index in [1.165, 1.54) is 18.4 Å². The molecular formula is C23H32N4OS. The van der Waals surface area contributed by atoms with Crippen LogP contribution in [0, 0.1) is 0 Å². The third-order valence-corrected chi connectivity index (χ3v) is 6.96. The predicted molar refractivity (Wildman–Crippen MR) is 119 cm³/mol. The minimum Gasteiger partial charge on any atom is -0.342 e. The van der Waals surface area contributed by atoms with Crippen molar-refractivity contribution in [2.45, 2.75) is 38.6 Å². The molecule has 0 atom stereocenters. The molecule has 4 rings (SSSR count). The molecule has 1 amide bonds. The Balaban J connectivity index is 1.38. The van der Waals surface area contributed by atoms with Crippen LogP contribution >= 0.6 is 11.3 Å². The molecule has 29 heavy (non-hydrogen) atoms. The molecule has 1 aromatic heterocycles. The molecule has 0 saturated carbocycles. The number of benzene rings is 1. The Morgan fingerprint density at radius 2 is 1.79 bits per heavy atom. The highest BCUT2D eigenvalue weighted by molar-refractivity contribution is 7.13. The highest BCUT2D eigenvalue weighted by atomic mass is 32.1.